The van der Waals surface area contributed by atoms with Gasteiger partial charge >= 0.3 is 0 Å². The first-order valence-electron chi connectivity index (χ1n) is 6.03. The van der Waals surface area contributed by atoms with E-state index in [4.69, 9.17) is 10.5 Å². The molecule has 18 heavy (non-hydrogen) atoms. The summed E-state index contributed by atoms with van der Waals surface area (Å²) in [6, 6.07) is 7.71. The van der Waals surface area contributed by atoms with Gasteiger partial charge in [-0.1, -0.05) is 23.4 Å². The van der Waals surface area contributed by atoms with Crippen LogP contribution >= 0.6 is 0 Å². The van der Waals surface area contributed by atoms with E-state index in [1.165, 1.54) is 0 Å². The molecule has 2 rings (SSSR count). The number of nitrogens with two attached hydrogens (primary N) is 1. The van der Waals surface area contributed by atoms with Crippen LogP contribution in [0.25, 0.3) is 0 Å². The van der Waals surface area contributed by atoms with Crippen LogP contribution in [0.3, 0.4) is 0 Å². The van der Waals surface area contributed by atoms with Crippen molar-refractivity contribution < 1.29 is 4.74 Å². The van der Waals surface area contributed by atoms with Crippen LogP contribution < -0.4 is 10.5 Å². The maximum absolute atomic E-state index is 6.21. The Hall–Kier alpha value is -1.88. The van der Waals surface area contributed by atoms with Gasteiger partial charge in [0.1, 0.15) is 5.75 Å². The zero-order valence-corrected chi connectivity index (χ0v) is 10.7. The molecule has 0 aliphatic heterocycles. The first kappa shape index (κ1) is 12.6. The fourth-order valence-corrected chi connectivity index (χ4v) is 1.90. The van der Waals surface area contributed by atoms with Crippen molar-refractivity contribution in [2.45, 2.75) is 19.4 Å². The molecule has 1 unspecified atom stereocenters. The van der Waals surface area contributed by atoms with Crippen molar-refractivity contribution in [3.8, 4) is 5.75 Å². The summed E-state index contributed by atoms with van der Waals surface area (Å²) in [5.74, 6) is 0.844. The molecule has 0 aliphatic carbocycles. The van der Waals surface area contributed by atoms with Gasteiger partial charge in [0.05, 0.1) is 12.3 Å². The van der Waals surface area contributed by atoms with E-state index in [1.807, 2.05) is 44.4 Å². The van der Waals surface area contributed by atoms with E-state index in [1.54, 1.807) is 4.68 Å². The molecule has 2 N–H and O–H groups in total. The standard InChI is InChI=1S/C13H18N4O/c1-3-18-13-7-5-4-6-11(13)12(14)8-10-9-17(2)16-15-10/h4-7,9,12H,3,8,14H2,1-2H3. The second kappa shape index (κ2) is 5.64. The molecule has 0 amide bonds. The maximum Gasteiger partial charge on any atom is 0.124 e. The molecule has 0 aliphatic rings. The summed E-state index contributed by atoms with van der Waals surface area (Å²) in [4.78, 5) is 0. The van der Waals surface area contributed by atoms with Crippen LogP contribution in [-0.2, 0) is 13.5 Å². The van der Waals surface area contributed by atoms with Gasteiger partial charge in [0.25, 0.3) is 0 Å². The predicted octanol–water partition coefficient (Wildman–Crippen LogP) is 1.46. The van der Waals surface area contributed by atoms with E-state index in [-0.39, 0.29) is 6.04 Å². The third-order valence-electron chi connectivity index (χ3n) is 2.70. The number of rotatable bonds is 5. The summed E-state index contributed by atoms with van der Waals surface area (Å²) in [7, 11) is 1.84. The van der Waals surface area contributed by atoms with Crippen LogP contribution in [0.1, 0.15) is 24.2 Å². The van der Waals surface area contributed by atoms with Gasteiger partial charge in [-0.3, -0.25) is 4.68 Å². The molecule has 1 heterocycles. The highest BCUT2D eigenvalue weighted by Gasteiger charge is 2.13. The van der Waals surface area contributed by atoms with E-state index >= 15 is 0 Å². The molecule has 1 aromatic carbocycles. The summed E-state index contributed by atoms with van der Waals surface area (Å²) >= 11 is 0. The predicted molar refractivity (Wildman–Crippen MR) is 69.2 cm³/mol. The van der Waals surface area contributed by atoms with Gasteiger partial charge in [-0.25, -0.2) is 0 Å². The average Bonchev–Trinajstić information content (AvgIpc) is 2.76. The molecule has 5 nitrogen and oxygen atoms in total. The van der Waals surface area contributed by atoms with Crippen molar-refractivity contribution in [2.75, 3.05) is 6.61 Å². The van der Waals surface area contributed by atoms with Crippen LogP contribution in [0.2, 0.25) is 0 Å². The Bertz CT molecular complexity index is 509. The van der Waals surface area contributed by atoms with Gasteiger partial charge < -0.3 is 10.5 Å². The molecule has 0 bridgehead atoms. The number of hydrogen-bond acceptors (Lipinski definition) is 4. The molecular formula is C13H18N4O. The molecule has 0 spiro atoms. The van der Waals surface area contributed by atoms with Crippen molar-refractivity contribution in [1.29, 1.82) is 0 Å². The van der Waals surface area contributed by atoms with Crippen molar-refractivity contribution in [3.05, 3.63) is 41.7 Å². The number of nitrogens with zero attached hydrogens (tertiary/aromatic N) is 3. The van der Waals surface area contributed by atoms with Gasteiger partial charge in [0.15, 0.2) is 0 Å². The Morgan fingerprint density at radius 2 is 2.17 bits per heavy atom. The topological polar surface area (TPSA) is 66.0 Å². The summed E-state index contributed by atoms with van der Waals surface area (Å²) in [5.41, 5.74) is 8.10. The number of hydrogen-bond donors (Lipinski definition) is 1. The number of benzene rings is 1. The summed E-state index contributed by atoms with van der Waals surface area (Å²) in [6.45, 7) is 2.60. The van der Waals surface area contributed by atoms with Crippen LogP contribution in [0.15, 0.2) is 30.5 Å². The van der Waals surface area contributed by atoms with Crippen molar-refractivity contribution in [3.63, 3.8) is 0 Å². The van der Waals surface area contributed by atoms with Crippen molar-refractivity contribution in [2.24, 2.45) is 12.8 Å². The summed E-state index contributed by atoms with van der Waals surface area (Å²) < 4.78 is 7.26. The zero-order valence-electron chi connectivity index (χ0n) is 10.7. The molecule has 0 saturated heterocycles. The maximum atomic E-state index is 6.21. The highest BCUT2D eigenvalue weighted by atomic mass is 16.5. The van der Waals surface area contributed by atoms with Gasteiger partial charge in [0, 0.05) is 31.3 Å². The Morgan fingerprint density at radius 1 is 1.39 bits per heavy atom. The van der Waals surface area contributed by atoms with Gasteiger partial charge in [-0.05, 0) is 13.0 Å². The van der Waals surface area contributed by atoms with Crippen LogP contribution in [0.5, 0.6) is 5.75 Å². The normalized spacial score (nSPS) is 12.4. The Balaban J connectivity index is 2.15. The van der Waals surface area contributed by atoms with E-state index in [2.05, 4.69) is 10.3 Å². The zero-order chi connectivity index (χ0) is 13.0. The number of ether oxygens (including phenoxy) is 1. The van der Waals surface area contributed by atoms with E-state index in [9.17, 15) is 0 Å². The van der Waals surface area contributed by atoms with E-state index in [0.29, 0.717) is 13.0 Å². The van der Waals surface area contributed by atoms with Crippen LogP contribution in [0, 0.1) is 0 Å². The minimum absolute atomic E-state index is 0.135. The number of para-hydroxylation sites is 1. The lowest BCUT2D eigenvalue weighted by Gasteiger charge is -2.15. The SMILES string of the molecule is CCOc1ccccc1C(N)Cc1cn(C)nn1. The molecular weight excluding hydrogens is 228 g/mol. The molecule has 1 aromatic heterocycles. The lowest BCUT2D eigenvalue weighted by Crippen LogP contribution is -2.15. The number of aryl methyl sites for hydroxylation is 1. The summed E-state index contributed by atoms with van der Waals surface area (Å²) in [5, 5.41) is 7.95. The Labute approximate surface area is 107 Å². The van der Waals surface area contributed by atoms with Gasteiger partial charge in [-0.2, -0.15) is 0 Å². The minimum atomic E-state index is -0.135. The largest absolute Gasteiger partial charge is 0.494 e. The smallest absolute Gasteiger partial charge is 0.124 e. The van der Waals surface area contributed by atoms with Crippen molar-refractivity contribution in [1.82, 2.24) is 15.0 Å². The first-order chi connectivity index (χ1) is 8.70. The average molecular weight is 246 g/mol. The molecule has 96 valence electrons. The van der Waals surface area contributed by atoms with E-state index < -0.39 is 0 Å². The first-order valence-corrected chi connectivity index (χ1v) is 6.03. The second-order valence-corrected chi connectivity index (χ2v) is 4.17. The molecule has 0 radical (unpaired) electrons. The second-order valence-electron chi connectivity index (χ2n) is 4.17. The quantitative estimate of drug-likeness (QED) is 0.867. The Morgan fingerprint density at radius 3 is 2.83 bits per heavy atom. The lowest BCUT2D eigenvalue weighted by molar-refractivity contribution is 0.334. The number of aromatic nitrogens is 3. The van der Waals surface area contributed by atoms with Gasteiger partial charge in [-0.15, -0.1) is 5.10 Å². The lowest BCUT2D eigenvalue weighted by atomic mass is 10.0. The van der Waals surface area contributed by atoms with E-state index in [0.717, 1.165) is 17.0 Å². The minimum Gasteiger partial charge on any atom is -0.494 e. The van der Waals surface area contributed by atoms with Crippen LogP contribution in [-0.4, -0.2) is 21.6 Å². The molecule has 0 saturated carbocycles. The monoisotopic (exact) mass is 246 g/mol. The fraction of sp³-hybridized carbons (Fsp3) is 0.385. The third kappa shape index (κ3) is 2.87. The van der Waals surface area contributed by atoms with Gasteiger partial charge in [0.2, 0.25) is 0 Å². The van der Waals surface area contributed by atoms with Crippen molar-refractivity contribution >= 4 is 0 Å². The Kier molecular flexibility index (Phi) is 3.94. The molecule has 5 heteroatoms. The highest BCUT2D eigenvalue weighted by Crippen LogP contribution is 2.25. The molecule has 2 aromatic rings. The van der Waals surface area contributed by atoms with Crippen LogP contribution in [0.4, 0.5) is 0 Å². The fourth-order valence-electron chi connectivity index (χ4n) is 1.90. The molecule has 0 fully saturated rings. The molecule has 1 atom stereocenters. The third-order valence-corrected chi connectivity index (χ3v) is 2.70. The highest BCUT2D eigenvalue weighted by molar-refractivity contribution is 5.36. The summed E-state index contributed by atoms with van der Waals surface area (Å²) in [6.07, 6.45) is 2.53.